The van der Waals surface area contributed by atoms with E-state index in [0.29, 0.717) is 17.5 Å². The number of benzene rings is 1. The first-order valence-electron chi connectivity index (χ1n) is 7.25. The first-order valence-corrected chi connectivity index (χ1v) is 7.63. The lowest BCUT2D eigenvalue weighted by molar-refractivity contribution is 0.194. The molecule has 1 aliphatic carbocycles. The van der Waals surface area contributed by atoms with Gasteiger partial charge in [-0.05, 0) is 36.5 Å². The van der Waals surface area contributed by atoms with Crippen LogP contribution in [0.3, 0.4) is 0 Å². The lowest BCUT2D eigenvalue weighted by atomic mass is 9.72. The average Bonchev–Trinajstić information content (AvgIpc) is 2.77. The smallest absolute Gasteiger partial charge is 0.124 e. The Morgan fingerprint density at radius 2 is 2.30 bits per heavy atom. The number of rotatable bonds is 6. The summed E-state index contributed by atoms with van der Waals surface area (Å²) in [5.41, 5.74) is 1.09. The second kappa shape index (κ2) is 6.88. The maximum absolute atomic E-state index is 13.3. The molecule has 1 aromatic rings. The molecule has 112 valence electrons. The van der Waals surface area contributed by atoms with Gasteiger partial charge < -0.3 is 10.1 Å². The van der Waals surface area contributed by atoms with Crippen molar-refractivity contribution in [2.24, 2.45) is 5.92 Å². The van der Waals surface area contributed by atoms with Crippen LogP contribution in [0.1, 0.15) is 31.7 Å². The fourth-order valence-electron chi connectivity index (χ4n) is 3.38. The highest BCUT2D eigenvalue weighted by Crippen LogP contribution is 2.47. The number of hydrogen-bond acceptors (Lipinski definition) is 2. The predicted molar refractivity (Wildman–Crippen MR) is 80.8 cm³/mol. The molecule has 2 nitrogen and oxygen atoms in total. The van der Waals surface area contributed by atoms with Crippen molar-refractivity contribution in [1.29, 1.82) is 0 Å². The van der Waals surface area contributed by atoms with Gasteiger partial charge in [0.25, 0.3) is 0 Å². The Morgan fingerprint density at radius 3 is 2.90 bits per heavy atom. The molecule has 0 aliphatic heterocycles. The Labute approximate surface area is 125 Å². The Balaban J connectivity index is 2.22. The van der Waals surface area contributed by atoms with E-state index in [0.717, 1.165) is 25.1 Å². The lowest BCUT2D eigenvalue weighted by Gasteiger charge is -2.35. The number of halogens is 2. The highest BCUT2D eigenvalue weighted by Gasteiger charge is 2.42. The Kier molecular flexibility index (Phi) is 5.42. The van der Waals surface area contributed by atoms with Gasteiger partial charge in [0, 0.05) is 30.6 Å². The molecule has 4 heteroatoms. The average molecular weight is 300 g/mol. The van der Waals surface area contributed by atoms with Crippen molar-refractivity contribution in [3.63, 3.8) is 0 Å². The molecule has 0 amide bonds. The van der Waals surface area contributed by atoms with Gasteiger partial charge in [-0.3, -0.25) is 0 Å². The van der Waals surface area contributed by atoms with E-state index in [1.54, 1.807) is 7.11 Å². The third-order valence-electron chi connectivity index (χ3n) is 4.59. The summed E-state index contributed by atoms with van der Waals surface area (Å²) in [6.07, 6.45) is 3.49. The summed E-state index contributed by atoms with van der Waals surface area (Å²) in [5, 5.41) is 4.01. The van der Waals surface area contributed by atoms with Crippen LogP contribution in [0.5, 0.6) is 0 Å². The van der Waals surface area contributed by atoms with Crippen molar-refractivity contribution in [2.75, 3.05) is 26.8 Å². The summed E-state index contributed by atoms with van der Waals surface area (Å²) in [7, 11) is 1.70. The van der Waals surface area contributed by atoms with Gasteiger partial charge in [0.1, 0.15) is 5.82 Å². The Morgan fingerprint density at radius 1 is 1.50 bits per heavy atom. The molecule has 0 aromatic heterocycles. The van der Waals surface area contributed by atoms with E-state index < -0.39 is 0 Å². The van der Waals surface area contributed by atoms with E-state index >= 15 is 0 Å². The summed E-state index contributed by atoms with van der Waals surface area (Å²) in [6.45, 7) is 4.65. The lowest BCUT2D eigenvalue weighted by Crippen LogP contribution is -2.41. The first kappa shape index (κ1) is 15.7. The molecule has 20 heavy (non-hydrogen) atoms. The highest BCUT2D eigenvalue weighted by atomic mass is 35.5. The van der Waals surface area contributed by atoms with E-state index in [4.69, 9.17) is 16.3 Å². The van der Waals surface area contributed by atoms with E-state index in [9.17, 15) is 4.39 Å². The summed E-state index contributed by atoms with van der Waals surface area (Å²) in [6, 6.07) is 4.81. The van der Waals surface area contributed by atoms with Gasteiger partial charge in [-0.25, -0.2) is 4.39 Å². The van der Waals surface area contributed by atoms with Crippen LogP contribution < -0.4 is 5.32 Å². The molecule has 2 rings (SSSR count). The van der Waals surface area contributed by atoms with Gasteiger partial charge in [0.05, 0.1) is 6.61 Å². The molecule has 0 radical (unpaired) electrons. The molecule has 0 heterocycles. The van der Waals surface area contributed by atoms with Crippen molar-refractivity contribution >= 4 is 11.6 Å². The van der Waals surface area contributed by atoms with Gasteiger partial charge in [-0.2, -0.15) is 0 Å². The van der Waals surface area contributed by atoms with Crippen molar-refractivity contribution in [3.05, 3.63) is 34.6 Å². The first-order chi connectivity index (χ1) is 9.60. The normalized spacial score (nSPS) is 26.1. The maximum Gasteiger partial charge on any atom is 0.124 e. The predicted octanol–water partition coefficient (Wildman–Crippen LogP) is 3.77. The third kappa shape index (κ3) is 3.16. The molecule has 2 unspecified atom stereocenters. The third-order valence-corrected chi connectivity index (χ3v) is 4.91. The van der Waals surface area contributed by atoms with Gasteiger partial charge in [-0.1, -0.05) is 31.0 Å². The monoisotopic (exact) mass is 299 g/mol. The molecule has 1 saturated carbocycles. The van der Waals surface area contributed by atoms with Crippen LogP contribution in [-0.2, 0) is 10.2 Å². The summed E-state index contributed by atoms with van der Waals surface area (Å²) < 4.78 is 18.4. The van der Waals surface area contributed by atoms with Crippen molar-refractivity contribution in [2.45, 2.75) is 31.6 Å². The molecule has 0 spiro atoms. The van der Waals surface area contributed by atoms with Gasteiger partial charge in [0.15, 0.2) is 0 Å². The van der Waals surface area contributed by atoms with E-state index in [1.807, 2.05) is 6.07 Å². The van der Waals surface area contributed by atoms with Gasteiger partial charge in [-0.15, -0.1) is 0 Å². The molecule has 1 fully saturated rings. The van der Waals surface area contributed by atoms with Crippen LogP contribution in [0, 0.1) is 11.7 Å². The summed E-state index contributed by atoms with van der Waals surface area (Å²) in [5.74, 6) is 0.271. The highest BCUT2D eigenvalue weighted by molar-refractivity contribution is 6.31. The second-order valence-corrected chi connectivity index (χ2v) is 6.15. The van der Waals surface area contributed by atoms with Crippen LogP contribution in [0.25, 0.3) is 0 Å². The molecule has 2 atom stereocenters. The van der Waals surface area contributed by atoms with E-state index in [1.165, 1.54) is 25.0 Å². The van der Waals surface area contributed by atoms with Crippen LogP contribution in [-0.4, -0.2) is 26.8 Å². The minimum absolute atomic E-state index is 0.0124. The number of hydrogen-bond donors (Lipinski definition) is 1. The number of nitrogens with one attached hydrogen (secondary N) is 1. The minimum Gasteiger partial charge on any atom is -0.383 e. The fraction of sp³-hybridized carbons (Fsp3) is 0.625. The van der Waals surface area contributed by atoms with Crippen LogP contribution in [0.15, 0.2) is 18.2 Å². The van der Waals surface area contributed by atoms with Crippen LogP contribution in [0.4, 0.5) is 4.39 Å². The molecule has 1 aromatic carbocycles. The van der Waals surface area contributed by atoms with Crippen molar-refractivity contribution < 1.29 is 9.13 Å². The van der Waals surface area contributed by atoms with E-state index in [2.05, 4.69) is 12.2 Å². The summed E-state index contributed by atoms with van der Waals surface area (Å²) >= 11 is 6.31. The number of ether oxygens (including phenoxy) is 1. The Bertz CT molecular complexity index is 454. The summed E-state index contributed by atoms with van der Waals surface area (Å²) in [4.78, 5) is 0. The largest absolute Gasteiger partial charge is 0.383 e. The SMILES string of the molecule is COCCNCC1(c2ccc(F)cc2Cl)CCCC1C. The van der Waals surface area contributed by atoms with E-state index in [-0.39, 0.29) is 11.2 Å². The zero-order chi connectivity index (χ0) is 14.6. The van der Waals surface area contributed by atoms with Gasteiger partial charge >= 0.3 is 0 Å². The quantitative estimate of drug-likeness (QED) is 0.807. The van der Waals surface area contributed by atoms with Crippen LogP contribution in [0.2, 0.25) is 5.02 Å². The standard InChI is InChI=1S/C16H23ClFNO/c1-12-4-3-7-16(12,11-19-8-9-20-2)14-6-5-13(18)10-15(14)17/h5-6,10,12,19H,3-4,7-9,11H2,1-2H3. The molecular formula is C16H23ClFNO. The maximum atomic E-state index is 13.3. The zero-order valence-electron chi connectivity index (χ0n) is 12.2. The fourth-order valence-corrected chi connectivity index (χ4v) is 3.74. The van der Waals surface area contributed by atoms with Crippen LogP contribution >= 0.6 is 11.6 Å². The topological polar surface area (TPSA) is 21.3 Å². The second-order valence-electron chi connectivity index (χ2n) is 5.74. The molecule has 1 N–H and O–H groups in total. The van der Waals surface area contributed by atoms with Crippen molar-refractivity contribution in [3.8, 4) is 0 Å². The Hall–Kier alpha value is -0.640. The van der Waals surface area contributed by atoms with Crippen molar-refractivity contribution in [1.82, 2.24) is 5.32 Å². The van der Waals surface area contributed by atoms with Gasteiger partial charge in [0.2, 0.25) is 0 Å². The zero-order valence-corrected chi connectivity index (χ0v) is 13.0. The molecule has 1 aliphatic rings. The minimum atomic E-state index is -0.271. The molecule has 0 bridgehead atoms. The molecule has 0 saturated heterocycles. The number of methoxy groups -OCH3 is 1. The molecular weight excluding hydrogens is 277 g/mol.